The molecule has 4 heterocycles. The number of carbonyl (C=O) groups is 2. The van der Waals surface area contributed by atoms with E-state index in [0.29, 0.717) is 41.0 Å². The predicted molar refractivity (Wildman–Crippen MR) is 150 cm³/mol. The van der Waals surface area contributed by atoms with Gasteiger partial charge in [-0.05, 0) is 61.2 Å². The summed E-state index contributed by atoms with van der Waals surface area (Å²) < 4.78 is 22.2. The maximum atomic E-state index is 14.1. The van der Waals surface area contributed by atoms with Crippen molar-refractivity contribution >= 4 is 28.4 Å². The summed E-state index contributed by atoms with van der Waals surface area (Å²) in [6.07, 6.45) is 4.02. The predicted octanol–water partition coefficient (Wildman–Crippen LogP) is 6.18. The molecule has 1 aliphatic rings. The molecule has 0 fully saturated rings. The topological polar surface area (TPSA) is 76.8 Å². The van der Waals surface area contributed by atoms with Crippen LogP contribution in [-0.4, -0.2) is 37.6 Å². The molecule has 0 aliphatic carbocycles. The fourth-order valence-electron chi connectivity index (χ4n) is 5.35. The molecule has 0 N–H and O–H groups in total. The van der Waals surface area contributed by atoms with Crippen molar-refractivity contribution in [3.63, 3.8) is 0 Å². The number of hydrogen-bond donors (Lipinski definition) is 0. The van der Waals surface area contributed by atoms with E-state index in [2.05, 4.69) is 42.0 Å². The number of aryl methyl sites for hydroxylation is 2. The average molecular weight is 537 g/mol. The first-order valence-electron chi connectivity index (χ1n) is 13.4. The first-order valence-corrected chi connectivity index (χ1v) is 13.4. The molecular formula is C32H29FN4O3. The molecule has 1 aliphatic heterocycles. The Balaban J connectivity index is 1.26. The molecule has 202 valence electrons. The van der Waals surface area contributed by atoms with Gasteiger partial charge in [-0.3, -0.25) is 19.5 Å². The lowest BCUT2D eigenvalue weighted by Gasteiger charge is -2.14. The van der Waals surface area contributed by atoms with E-state index in [0.717, 1.165) is 16.8 Å². The lowest BCUT2D eigenvalue weighted by atomic mass is 9.97. The maximum Gasteiger partial charge on any atom is 0.263 e. The van der Waals surface area contributed by atoms with Crippen LogP contribution < -0.4 is 4.74 Å². The van der Waals surface area contributed by atoms with Gasteiger partial charge in [-0.2, -0.15) is 0 Å². The van der Waals surface area contributed by atoms with Crippen LogP contribution in [0.4, 0.5) is 4.39 Å². The molecule has 8 heteroatoms. The fourth-order valence-corrected chi connectivity index (χ4v) is 5.35. The zero-order chi connectivity index (χ0) is 28.1. The third-order valence-corrected chi connectivity index (χ3v) is 7.50. The lowest BCUT2D eigenvalue weighted by molar-refractivity contribution is 0.0655. The summed E-state index contributed by atoms with van der Waals surface area (Å²) in [6, 6.07) is 14.2. The Morgan fingerprint density at radius 2 is 1.80 bits per heavy atom. The molecule has 0 spiro atoms. The molecule has 7 nitrogen and oxygen atoms in total. The van der Waals surface area contributed by atoms with E-state index in [9.17, 15) is 14.0 Å². The van der Waals surface area contributed by atoms with Crippen molar-refractivity contribution in [2.75, 3.05) is 6.54 Å². The zero-order valence-electron chi connectivity index (χ0n) is 22.9. The number of aromatic nitrogens is 3. The molecule has 2 aromatic carbocycles. The smallest absolute Gasteiger partial charge is 0.263 e. The number of imide groups is 1. The highest BCUT2D eigenvalue weighted by Gasteiger charge is 2.40. The van der Waals surface area contributed by atoms with Crippen molar-refractivity contribution in [3.8, 4) is 5.75 Å². The van der Waals surface area contributed by atoms with Crippen molar-refractivity contribution in [2.45, 2.75) is 46.6 Å². The van der Waals surface area contributed by atoms with Crippen LogP contribution in [0.3, 0.4) is 0 Å². The molecule has 0 bridgehead atoms. The summed E-state index contributed by atoms with van der Waals surface area (Å²) in [4.78, 5) is 37.5. The van der Waals surface area contributed by atoms with Gasteiger partial charge in [-0.15, -0.1) is 0 Å². The van der Waals surface area contributed by atoms with E-state index in [4.69, 9.17) is 4.74 Å². The number of amides is 2. The van der Waals surface area contributed by atoms with Crippen LogP contribution in [-0.2, 0) is 13.0 Å². The second-order valence-corrected chi connectivity index (χ2v) is 10.6. The third-order valence-electron chi connectivity index (χ3n) is 7.50. The van der Waals surface area contributed by atoms with E-state index in [1.807, 2.05) is 36.6 Å². The number of rotatable bonds is 7. The normalized spacial score (nSPS) is 13.2. The molecule has 6 rings (SSSR count). The summed E-state index contributed by atoms with van der Waals surface area (Å²) in [5, 5.41) is 0.362. The standard InChI is InChI=1S/C32H29FN4O3/c1-18(2)29-28-27(24-15-22(33)9-10-25(24)35-29)31(38)37(32(28)39)13-11-23-16-34-30-26(6-5-12-36(23)30)40-17-21-14-19(3)7-8-20(21)4/h5-10,12,14-16,18H,11,13,17H2,1-4H3. The number of ether oxygens (including phenoxy) is 1. The maximum absolute atomic E-state index is 14.1. The molecule has 3 aromatic heterocycles. The van der Waals surface area contributed by atoms with E-state index in [1.54, 1.807) is 12.3 Å². The van der Waals surface area contributed by atoms with Gasteiger partial charge in [0.2, 0.25) is 0 Å². The van der Waals surface area contributed by atoms with Gasteiger partial charge in [0.25, 0.3) is 11.8 Å². The van der Waals surface area contributed by atoms with Crippen LogP contribution in [0.1, 0.15) is 68.6 Å². The molecule has 40 heavy (non-hydrogen) atoms. The average Bonchev–Trinajstić information content (AvgIpc) is 3.46. The van der Waals surface area contributed by atoms with Crippen LogP contribution in [0.2, 0.25) is 0 Å². The van der Waals surface area contributed by atoms with Crippen molar-refractivity contribution in [2.24, 2.45) is 0 Å². The first-order chi connectivity index (χ1) is 19.2. The number of benzene rings is 2. The highest BCUT2D eigenvalue weighted by atomic mass is 19.1. The number of pyridine rings is 2. The Bertz CT molecular complexity index is 1820. The lowest BCUT2D eigenvalue weighted by Crippen LogP contribution is -2.32. The second kappa shape index (κ2) is 9.86. The van der Waals surface area contributed by atoms with Gasteiger partial charge >= 0.3 is 0 Å². The van der Waals surface area contributed by atoms with E-state index in [-0.39, 0.29) is 23.6 Å². The number of halogens is 1. The van der Waals surface area contributed by atoms with E-state index >= 15 is 0 Å². The molecule has 0 unspecified atom stereocenters. The molecule has 0 saturated heterocycles. The summed E-state index contributed by atoms with van der Waals surface area (Å²) >= 11 is 0. The Morgan fingerprint density at radius 1 is 1.00 bits per heavy atom. The van der Waals surface area contributed by atoms with Crippen molar-refractivity contribution in [3.05, 3.63) is 106 Å². The quantitative estimate of drug-likeness (QED) is 0.232. The molecular weight excluding hydrogens is 507 g/mol. The summed E-state index contributed by atoms with van der Waals surface area (Å²) in [5.41, 5.74) is 6.51. The minimum Gasteiger partial charge on any atom is -0.485 e. The molecule has 2 amide bonds. The van der Waals surface area contributed by atoms with E-state index < -0.39 is 17.6 Å². The highest BCUT2D eigenvalue weighted by molar-refractivity contribution is 6.26. The molecule has 0 atom stereocenters. The Hall–Kier alpha value is -4.59. The number of hydrogen-bond acceptors (Lipinski definition) is 5. The minimum absolute atomic E-state index is 0.0827. The van der Waals surface area contributed by atoms with Gasteiger partial charge < -0.3 is 9.14 Å². The van der Waals surface area contributed by atoms with Gasteiger partial charge in [0.05, 0.1) is 22.3 Å². The van der Waals surface area contributed by atoms with Gasteiger partial charge in [0.15, 0.2) is 11.4 Å². The number of fused-ring (bicyclic) bond motifs is 4. The highest BCUT2D eigenvalue weighted by Crippen LogP contribution is 2.35. The summed E-state index contributed by atoms with van der Waals surface area (Å²) in [5.74, 6) is -0.731. The van der Waals surface area contributed by atoms with Crippen molar-refractivity contribution in [1.29, 1.82) is 0 Å². The van der Waals surface area contributed by atoms with Gasteiger partial charge in [0, 0.05) is 36.4 Å². The monoisotopic (exact) mass is 536 g/mol. The van der Waals surface area contributed by atoms with E-state index in [1.165, 1.54) is 22.6 Å². The zero-order valence-corrected chi connectivity index (χ0v) is 22.9. The number of nitrogens with zero attached hydrogens (tertiary/aromatic N) is 4. The van der Waals surface area contributed by atoms with Crippen LogP contribution in [0.25, 0.3) is 16.6 Å². The van der Waals surface area contributed by atoms with Crippen LogP contribution >= 0.6 is 0 Å². The first kappa shape index (κ1) is 25.7. The second-order valence-electron chi connectivity index (χ2n) is 10.6. The minimum atomic E-state index is -0.478. The van der Waals surface area contributed by atoms with Crippen LogP contribution in [0.15, 0.2) is 60.9 Å². The number of carbonyl (C=O) groups excluding carboxylic acids is 2. The number of imidazole rings is 1. The third kappa shape index (κ3) is 4.29. The van der Waals surface area contributed by atoms with Gasteiger partial charge in [-0.1, -0.05) is 37.6 Å². The van der Waals surface area contributed by atoms with Crippen LogP contribution in [0.5, 0.6) is 5.75 Å². The Morgan fingerprint density at radius 3 is 2.60 bits per heavy atom. The Labute approximate surface area is 231 Å². The largest absolute Gasteiger partial charge is 0.485 e. The van der Waals surface area contributed by atoms with Gasteiger partial charge in [-0.25, -0.2) is 9.37 Å². The summed E-state index contributed by atoms with van der Waals surface area (Å²) in [7, 11) is 0. The molecule has 0 radical (unpaired) electrons. The Kier molecular flexibility index (Phi) is 6.33. The molecule has 5 aromatic rings. The summed E-state index contributed by atoms with van der Waals surface area (Å²) in [6.45, 7) is 8.55. The fraction of sp³-hybridized carbons (Fsp3) is 0.250. The van der Waals surface area contributed by atoms with Crippen molar-refractivity contribution in [1.82, 2.24) is 19.3 Å². The molecule has 0 saturated carbocycles. The SMILES string of the molecule is Cc1ccc(C)c(COc2cccn3c(CCN4C(=O)c5c(C(C)C)nc6ccc(F)cc6c5C4=O)cnc23)c1. The van der Waals surface area contributed by atoms with Crippen LogP contribution in [0, 0.1) is 19.7 Å². The van der Waals surface area contributed by atoms with Crippen molar-refractivity contribution < 1.29 is 18.7 Å². The van der Waals surface area contributed by atoms with Gasteiger partial charge in [0.1, 0.15) is 12.4 Å².